The summed E-state index contributed by atoms with van der Waals surface area (Å²) in [7, 11) is 0. The SMILES string of the molecule is CC1(C)CCC(NCc2ccc(-c3ccc4[nH]cnc4c3Cl)cc2)CC1. The maximum Gasteiger partial charge on any atom is 0.107 e. The molecule has 1 aromatic heterocycles. The average molecular weight is 368 g/mol. The molecule has 4 heteroatoms. The van der Waals surface area contributed by atoms with Crippen molar-refractivity contribution in [3.05, 3.63) is 53.3 Å². The van der Waals surface area contributed by atoms with Crippen molar-refractivity contribution in [3.63, 3.8) is 0 Å². The predicted octanol–water partition coefficient (Wildman–Crippen LogP) is 5.94. The summed E-state index contributed by atoms with van der Waals surface area (Å²) >= 11 is 6.55. The van der Waals surface area contributed by atoms with Gasteiger partial charge in [-0.05, 0) is 48.3 Å². The highest BCUT2D eigenvalue weighted by atomic mass is 35.5. The van der Waals surface area contributed by atoms with Crippen LogP contribution in [0, 0.1) is 5.41 Å². The fourth-order valence-corrected chi connectivity index (χ4v) is 4.19. The fraction of sp³-hybridized carbons (Fsp3) is 0.409. The summed E-state index contributed by atoms with van der Waals surface area (Å²) < 4.78 is 0. The minimum Gasteiger partial charge on any atom is -0.345 e. The Hall–Kier alpha value is -1.84. The first-order valence-electron chi connectivity index (χ1n) is 9.46. The zero-order valence-electron chi connectivity index (χ0n) is 15.5. The quantitative estimate of drug-likeness (QED) is 0.598. The maximum absolute atomic E-state index is 6.55. The van der Waals surface area contributed by atoms with Crippen LogP contribution in [0.15, 0.2) is 42.7 Å². The Morgan fingerprint density at radius 2 is 1.85 bits per heavy atom. The summed E-state index contributed by atoms with van der Waals surface area (Å²) in [4.78, 5) is 7.41. The van der Waals surface area contributed by atoms with Gasteiger partial charge in [0.2, 0.25) is 0 Å². The van der Waals surface area contributed by atoms with Gasteiger partial charge in [0.1, 0.15) is 5.52 Å². The van der Waals surface area contributed by atoms with Crippen LogP contribution in [0.3, 0.4) is 0 Å². The first-order valence-corrected chi connectivity index (χ1v) is 9.84. The highest BCUT2D eigenvalue weighted by Gasteiger charge is 2.26. The predicted molar refractivity (Wildman–Crippen MR) is 109 cm³/mol. The van der Waals surface area contributed by atoms with Gasteiger partial charge in [-0.25, -0.2) is 4.98 Å². The molecule has 0 atom stereocenters. The average Bonchev–Trinajstić information content (AvgIpc) is 3.12. The lowest BCUT2D eigenvalue weighted by Gasteiger charge is -2.34. The number of aromatic nitrogens is 2. The molecule has 0 amide bonds. The third-order valence-corrected chi connectivity index (χ3v) is 6.11. The van der Waals surface area contributed by atoms with Crippen LogP contribution in [0.5, 0.6) is 0 Å². The molecule has 0 aliphatic heterocycles. The number of halogens is 1. The van der Waals surface area contributed by atoms with Crippen LogP contribution in [0.25, 0.3) is 22.2 Å². The zero-order chi connectivity index (χ0) is 18.1. The van der Waals surface area contributed by atoms with E-state index in [2.05, 4.69) is 59.5 Å². The molecule has 1 heterocycles. The molecule has 1 fully saturated rings. The van der Waals surface area contributed by atoms with Gasteiger partial charge in [-0.3, -0.25) is 0 Å². The van der Waals surface area contributed by atoms with Crippen LogP contribution in [0.1, 0.15) is 45.1 Å². The fourth-order valence-electron chi connectivity index (χ4n) is 3.86. The van der Waals surface area contributed by atoms with E-state index in [1.54, 1.807) is 6.33 Å². The van der Waals surface area contributed by atoms with Crippen molar-refractivity contribution in [2.75, 3.05) is 0 Å². The Bertz CT molecular complexity index is 885. The van der Waals surface area contributed by atoms with E-state index in [0.717, 1.165) is 28.7 Å². The molecule has 0 unspecified atom stereocenters. The van der Waals surface area contributed by atoms with E-state index in [-0.39, 0.29) is 0 Å². The lowest BCUT2D eigenvalue weighted by Crippen LogP contribution is -2.35. The van der Waals surface area contributed by atoms with Crippen LogP contribution in [0.4, 0.5) is 0 Å². The molecule has 1 saturated carbocycles. The van der Waals surface area contributed by atoms with Gasteiger partial charge in [0.15, 0.2) is 0 Å². The molecule has 2 N–H and O–H groups in total. The number of nitrogens with zero attached hydrogens (tertiary/aromatic N) is 1. The molecule has 26 heavy (non-hydrogen) atoms. The van der Waals surface area contributed by atoms with E-state index >= 15 is 0 Å². The highest BCUT2D eigenvalue weighted by Crippen LogP contribution is 2.35. The van der Waals surface area contributed by atoms with E-state index in [9.17, 15) is 0 Å². The largest absolute Gasteiger partial charge is 0.345 e. The molecule has 0 spiro atoms. The number of imidazole rings is 1. The van der Waals surface area contributed by atoms with Crippen molar-refractivity contribution in [2.24, 2.45) is 5.41 Å². The number of fused-ring (bicyclic) bond motifs is 1. The summed E-state index contributed by atoms with van der Waals surface area (Å²) in [5.41, 5.74) is 5.79. The third kappa shape index (κ3) is 3.65. The Balaban J connectivity index is 1.42. The number of nitrogens with one attached hydrogen (secondary N) is 2. The zero-order valence-corrected chi connectivity index (χ0v) is 16.2. The van der Waals surface area contributed by atoms with E-state index in [1.807, 2.05) is 6.07 Å². The molecular weight excluding hydrogens is 342 g/mol. The molecular formula is C22H26ClN3. The third-order valence-electron chi connectivity index (χ3n) is 5.73. The minimum atomic E-state index is 0.522. The summed E-state index contributed by atoms with van der Waals surface area (Å²) in [5.74, 6) is 0. The lowest BCUT2D eigenvalue weighted by molar-refractivity contribution is 0.206. The van der Waals surface area contributed by atoms with Crippen molar-refractivity contribution in [1.82, 2.24) is 15.3 Å². The standard InChI is InChI=1S/C22H26ClN3/c1-22(2)11-9-17(10-12-22)24-13-15-3-5-16(6-4-15)18-7-8-19-21(20(18)23)26-14-25-19/h3-8,14,17,24H,9-13H2,1-2H3,(H,25,26). The molecule has 0 saturated heterocycles. The molecule has 0 radical (unpaired) electrons. The van der Waals surface area contributed by atoms with Crippen LogP contribution >= 0.6 is 11.6 Å². The molecule has 3 nitrogen and oxygen atoms in total. The van der Waals surface area contributed by atoms with E-state index in [1.165, 1.54) is 31.2 Å². The number of benzene rings is 2. The molecule has 2 aromatic carbocycles. The second-order valence-electron chi connectivity index (χ2n) is 8.24. The summed E-state index contributed by atoms with van der Waals surface area (Å²) in [6, 6.07) is 13.4. The second-order valence-corrected chi connectivity index (χ2v) is 8.62. The number of aromatic amines is 1. The van der Waals surface area contributed by atoms with Gasteiger partial charge in [0.05, 0.1) is 16.9 Å². The highest BCUT2D eigenvalue weighted by molar-refractivity contribution is 6.37. The smallest absolute Gasteiger partial charge is 0.107 e. The molecule has 3 aromatic rings. The van der Waals surface area contributed by atoms with Gasteiger partial charge in [0, 0.05) is 18.2 Å². The van der Waals surface area contributed by atoms with Gasteiger partial charge >= 0.3 is 0 Å². The van der Waals surface area contributed by atoms with Crippen LogP contribution < -0.4 is 5.32 Å². The molecule has 0 bridgehead atoms. The van der Waals surface area contributed by atoms with Gasteiger partial charge in [-0.15, -0.1) is 0 Å². The number of H-pyrrole nitrogens is 1. The van der Waals surface area contributed by atoms with Crippen LogP contribution in [-0.2, 0) is 6.54 Å². The Kier molecular flexibility index (Phi) is 4.76. The Morgan fingerprint density at radius 1 is 1.12 bits per heavy atom. The number of hydrogen-bond donors (Lipinski definition) is 2. The van der Waals surface area contributed by atoms with Gasteiger partial charge in [0.25, 0.3) is 0 Å². The van der Waals surface area contributed by atoms with E-state index in [0.29, 0.717) is 16.5 Å². The van der Waals surface area contributed by atoms with Crippen molar-refractivity contribution in [2.45, 2.75) is 52.1 Å². The molecule has 1 aliphatic carbocycles. The molecule has 136 valence electrons. The van der Waals surface area contributed by atoms with Crippen molar-refractivity contribution in [3.8, 4) is 11.1 Å². The second kappa shape index (κ2) is 7.05. The summed E-state index contributed by atoms with van der Waals surface area (Å²) in [6.07, 6.45) is 6.88. The van der Waals surface area contributed by atoms with Crippen molar-refractivity contribution < 1.29 is 0 Å². The number of hydrogen-bond acceptors (Lipinski definition) is 2. The lowest BCUT2D eigenvalue weighted by atomic mass is 9.75. The number of rotatable bonds is 4. The van der Waals surface area contributed by atoms with Crippen molar-refractivity contribution in [1.29, 1.82) is 0 Å². The first kappa shape index (κ1) is 17.6. The van der Waals surface area contributed by atoms with E-state index in [4.69, 9.17) is 11.6 Å². The Labute approximate surface area is 160 Å². The minimum absolute atomic E-state index is 0.522. The van der Waals surface area contributed by atoms with Gasteiger partial charge in [-0.2, -0.15) is 0 Å². The van der Waals surface area contributed by atoms with Crippen molar-refractivity contribution >= 4 is 22.6 Å². The van der Waals surface area contributed by atoms with Crippen LogP contribution in [0.2, 0.25) is 5.02 Å². The maximum atomic E-state index is 6.55. The van der Waals surface area contributed by atoms with Gasteiger partial charge < -0.3 is 10.3 Å². The Morgan fingerprint density at radius 3 is 2.58 bits per heavy atom. The summed E-state index contributed by atoms with van der Waals surface area (Å²) in [5, 5.41) is 4.43. The molecule has 1 aliphatic rings. The van der Waals surface area contributed by atoms with E-state index < -0.39 is 0 Å². The normalized spacial score (nSPS) is 17.7. The van der Waals surface area contributed by atoms with Crippen LogP contribution in [-0.4, -0.2) is 16.0 Å². The topological polar surface area (TPSA) is 40.7 Å². The van der Waals surface area contributed by atoms with Gasteiger partial charge in [-0.1, -0.05) is 55.8 Å². The first-order chi connectivity index (χ1) is 12.5. The monoisotopic (exact) mass is 367 g/mol. The molecule has 4 rings (SSSR count). The summed E-state index contributed by atoms with van der Waals surface area (Å²) in [6.45, 7) is 5.69.